The number of nitrogens with zero attached hydrogens (tertiary/aromatic N) is 1. The molecule has 0 aliphatic carbocycles. The van der Waals surface area contributed by atoms with Crippen molar-refractivity contribution in [3.05, 3.63) is 36.4 Å². The van der Waals surface area contributed by atoms with Crippen LogP contribution in [0.1, 0.15) is 6.92 Å². The summed E-state index contributed by atoms with van der Waals surface area (Å²) in [5, 5.41) is 7.32. The van der Waals surface area contributed by atoms with Gasteiger partial charge in [0.15, 0.2) is 3.78 Å². The van der Waals surface area contributed by atoms with E-state index in [1.54, 1.807) is 6.07 Å². The Kier molecular flexibility index (Phi) is 24.7. The molecule has 0 unspecified atom stereocenters. The van der Waals surface area contributed by atoms with Crippen LogP contribution in [0, 0.1) is 11.3 Å². The summed E-state index contributed by atoms with van der Waals surface area (Å²) in [6.45, 7) is 1.43. The van der Waals surface area contributed by atoms with Crippen LogP contribution >= 0.6 is 35.4 Å². The van der Waals surface area contributed by atoms with Crippen LogP contribution in [0.25, 0.3) is 0 Å². The van der Waals surface area contributed by atoms with Crippen molar-refractivity contribution in [2.45, 2.75) is 6.92 Å². The molecule has 14 heavy (non-hydrogen) atoms. The Morgan fingerprint density at radius 2 is 1.14 bits per heavy atom. The maximum Gasteiger partial charge on any atom is 0.169 e. The molecule has 78 valence electrons. The summed E-state index contributed by atoms with van der Waals surface area (Å²) in [5.41, 5.74) is 0. The lowest BCUT2D eigenvalue weighted by Crippen LogP contribution is -1.47. The molecule has 0 bridgehead atoms. The number of thiocarbonyl (C=S) groups is 1. The van der Waals surface area contributed by atoms with Crippen molar-refractivity contribution in [2.75, 3.05) is 0 Å². The summed E-state index contributed by atoms with van der Waals surface area (Å²) >= 11 is 13.6. The van der Waals surface area contributed by atoms with E-state index in [0.29, 0.717) is 0 Å². The zero-order chi connectivity index (χ0) is 10.5. The molecule has 1 aromatic carbocycles. The smallest absolute Gasteiger partial charge is 0.169 e. The van der Waals surface area contributed by atoms with E-state index in [1.807, 2.05) is 36.4 Å². The molecular formula is C9H11Cl2NOS. The lowest BCUT2D eigenvalue weighted by molar-refractivity contribution is 0.824. The number of hydrogen-bond acceptors (Lipinski definition) is 2. The van der Waals surface area contributed by atoms with Crippen LogP contribution in [0.5, 0.6) is 0 Å². The molecule has 0 saturated carbocycles. The van der Waals surface area contributed by atoms with Gasteiger partial charge in [-0.3, -0.25) is 0 Å². The van der Waals surface area contributed by atoms with Crippen LogP contribution in [0.2, 0.25) is 0 Å². The summed E-state index contributed by atoms with van der Waals surface area (Å²) in [4.78, 5) is 0. The van der Waals surface area contributed by atoms with Gasteiger partial charge in [-0.1, -0.05) is 71.8 Å². The molecule has 0 saturated heterocycles. The van der Waals surface area contributed by atoms with E-state index in [-0.39, 0.29) is 9.26 Å². The standard InChI is InChI=1S/C6H6.C2H3N.CCl2S.H2O/c1-2-4-6-5-3-1;1-2-3;2-1(3)4;/h1-6H;1H3;;1H2. The van der Waals surface area contributed by atoms with Crippen molar-refractivity contribution in [1.29, 1.82) is 5.26 Å². The quantitative estimate of drug-likeness (QED) is 0.526. The normalized spacial score (nSPS) is 5.86. The summed E-state index contributed by atoms with van der Waals surface area (Å²) in [6, 6.07) is 13.8. The number of hydrogen-bond donors (Lipinski definition) is 0. The first-order chi connectivity index (χ1) is 6.15. The molecular weight excluding hydrogens is 241 g/mol. The second kappa shape index (κ2) is 18.2. The molecule has 0 heterocycles. The topological polar surface area (TPSA) is 55.3 Å². The third-order valence-electron chi connectivity index (χ3n) is 0.667. The highest BCUT2D eigenvalue weighted by molar-refractivity contribution is 7.86. The van der Waals surface area contributed by atoms with Crippen LogP contribution in [0.15, 0.2) is 36.4 Å². The lowest BCUT2D eigenvalue weighted by atomic mass is 10.4. The van der Waals surface area contributed by atoms with Gasteiger partial charge in [0, 0.05) is 6.92 Å². The summed E-state index contributed by atoms with van der Waals surface area (Å²) < 4.78 is -0.0556. The summed E-state index contributed by atoms with van der Waals surface area (Å²) in [5.74, 6) is 0. The largest absolute Gasteiger partial charge is 0.412 e. The molecule has 1 rings (SSSR count). The van der Waals surface area contributed by atoms with E-state index in [4.69, 9.17) is 28.5 Å². The van der Waals surface area contributed by atoms with Gasteiger partial charge in [-0.05, 0) is 0 Å². The average Bonchev–Trinajstić information content (AvgIpc) is 2.08. The predicted octanol–water partition coefficient (Wildman–Crippen LogP) is 3.14. The maximum atomic E-state index is 7.32. The van der Waals surface area contributed by atoms with Gasteiger partial charge in [-0.2, -0.15) is 5.26 Å². The van der Waals surface area contributed by atoms with Crippen molar-refractivity contribution in [3.63, 3.8) is 0 Å². The monoisotopic (exact) mass is 251 g/mol. The van der Waals surface area contributed by atoms with Crippen LogP contribution in [0.4, 0.5) is 0 Å². The SMILES string of the molecule is CC#N.O.S=C(Cl)Cl.c1ccccc1. The maximum absolute atomic E-state index is 7.32. The lowest BCUT2D eigenvalue weighted by Gasteiger charge is -1.69. The Morgan fingerprint density at radius 3 is 1.21 bits per heavy atom. The Morgan fingerprint density at radius 1 is 1.07 bits per heavy atom. The molecule has 0 atom stereocenters. The third kappa shape index (κ3) is 42.5. The Labute approximate surface area is 99.4 Å². The molecule has 0 aromatic heterocycles. The Hall–Kier alpha value is -0.660. The molecule has 0 amide bonds. The van der Waals surface area contributed by atoms with Crippen molar-refractivity contribution >= 4 is 39.2 Å². The van der Waals surface area contributed by atoms with Crippen molar-refractivity contribution in [3.8, 4) is 6.07 Å². The van der Waals surface area contributed by atoms with E-state index in [9.17, 15) is 0 Å². The van der Waals surface area contributed by atoms with Gasteiger partial charge in [-0.25, -0.2) is 0 Å². The molecule has 2 nitrogen and oxygen atoms in total. The van der Waals surface area contributed by atoms with Crippen LogP contribution < -0.4 is 0 Å². The van der Waals surface area contributed by atoms with Gasteiger partial charge >= 0.3 is 0 Å². The van der Waals surface area contributed by atoms with E-state index in [0.717, 1.165) is 0 Å². The fourth-order valence-electron chi connectivity index (χ4n) is 0.385. The highest BCUT2D eigenvalue weighted by Gasteiger charge is 1.64. The van der Waals surface area contributed by atoms with E-state index in [1.165, 1.54) is 6.92 Å². The van der Waals surface area contributed by atoms with Crippen molar-refractivity contribution < 1.29 is 5.48 Å². The molecule has 2 N–H and O–H groups in total. The van der Waals surface area contributed by atoms with Crippen molar-refractivity contribution in [1.82, 2.24) is 0 Å². The molecule has 0 aliphatic rings. The second-order valence-electron chi connectivity index (χ2n) is 1.60. The van der Waals surface area contributed by atoms with Crippen molar-refractivity contribution in [2.24, 2.45) is 0 Å². The van der Waals surface area contributed by atoms with E-state index >= 15 is 0 Å². The minimum atomic E-state index is -0.0556. The van der Waals surface area contributed by atoms with Crippen LogP contribution in [-0.2, 0) is 0 Å². The Bertz CT molecular complexity index is 218. The Balaban J connectivity index is -0.000000135. The molecule has 0 spiro atoms. The van der Waals surface area contributed by atoms with Gasteiger partial charge in [-0.15, -0.1) is 0 Å². The molecule has 5 heteroatoms. The van der Waals surface area contributed by atoms with E-state index in [2.05, 4.69) is 12.2 Å². The molecule has 0 radical (unpaired) electrons. The number of rotatable bonds is 0. The van der Waals surface area contributed by atoms with Crippen LogP contribution in [0.3, 0.4) is 0 Å². The first-order valence-corrected chi connectivity index (χ1v) is 4.47. The number of benzene rings is 1. The van der Waals surface area contributed by atoms with Gasteiger partial charge in [0.25, 0.3) is 0 Å². The third-order valence-corrected chi connectivity index (χ3v) is 0.667. The minimum absolute atomic E-state index is 0. The first kappa shape index (κ1) is 19.0. The van der Waals surface area contributed by atoms with Gasteiger partial charge in [0.1, 0.15) is 0 Å². The fraction of sp³-hybridized carbons (Fsp3) is 0.111. The summed E-state index contributed by atoms with van der Waals surface area (Å²) in [6.07, 6.45) is 0. The van der Waals surface area contributed by atoms with Gasteiger partial charge < -0.3 is 5.48 Å². The highest BCUT2D eigenvalue weighted by Crippen LogP contribution is 1.86. The zero-order valence-corrected chi connectivity index (χ0v) is 9.90. The highest BCUT2D eigenvalue weighted by atomic mass is 35.5. The zero-order valence-electron chi connectivity index (χ0n) is 7.58. The van der Waals surface area contributed by atoms with Gasteiger partial charge in [0.05, 0.1) is 6.07 Å². The van der Waals surface area contributed by atoms with Crippen LogP contribution in [-0.4, -0.2) is 9.26 Å². The minimum Gasteiger partial charge on any atom is -0.412 e. The predicted molar refractivity (Wildman–Crippen MR) is 65.6 cm³/mol. The first-order valence-electron chi connectivity index (χ1n) is 3.31. The number of nitriles is 1. The van der Waals surface area contributed by atoms with Gasteiger partial charge in [0.2, 0.25) is 0 Å². The molecule has 1 aromatic rings. The second-order valence-corrected chi connectivity index (χ2v) is 3.41. The fourth-order valence-corrected chi connectivity index (χ4v) is 0.385. The number of halogens is 2. The average molecular weight is 252 g/mol. The molecule has 0 fully saturated rings. The summed E-state index contributed by atoms with van der Waals surface area (Å²) in [7, 11) is 0. The molecule has 0 aliphatic heterocycles. The van der Waals surface area contributed by atoms with E-state index < -0.39 is 0 Å².